The summed E-state index contributed by atoms with van der Waals surface area (Å²) in [5.74, 6) is -0.978. The zero-order valence-electron chi connectivity index (χ0n) is 6.67. The summed E-state index contributed by atoms with van der Waals surface area (Å²) in [6, 6.07) is -2.96. The summed E-state index contributed by atoms with van der Waals surface area (Å²) < 4.78 is 25.0. The van der Waals surface area contributed by atoms with Gasteiger partial charge in [-0.25, -0.2) is 4.39 Å². The molecule has 2 unspecified atom stereocenters. The standard InChI is InChI=1S/C7H8ClF2NO2/c8-2-6(12)11-3-4(9)1-5(11)7(10)13/h4-5H,1-3H2. The Bertz CT molecular complexity index is 237. The Morgan fingerprint density at radius 1 is 1.54 bits per heavy atom. The van der Waals surface area contributed by atoms with Gasteiger partial charge in [-0.2, -0.15) is 4.39 Å². The van der Waals surface area contributed by atoms with E-state index >= 15 is 0 Å². The molecule has 0 aromatic rings. The molecular weight excluding hydrogens is 204 g/mol. The molecule has 3 nitrogen and oxygen atoms in total. The number of likely N-dealkylation sites (tertiary alicyclic amines) is 1. The second-order valence-electron chi connectivity index (χ2n) is 2.83. The predicted molar refractivity (Wildman–Crippen MR) is 41.8 cm³/mol. The molecule has 13 heavy (non-hydrogen) atoms. The van der Waals surface area contributed by atoms with Crippen LogP contribution >= 0.6 is 11.6 Å². The van der Waals surface area contributed by atoms with Crippen molar-refractivity contribution in [2.24, 2.45) is 0 Å². The molecule has 0 saturated carbocycles. The fourth-order valence-electron chi connectivity index (χ4n) is 1.35. The van der Waals surface area contributed by atoms with Gasteiger partial charge in [-0.15, -0.1) is 11.6 Å². The van der Waals surface area contributed by atoms with E-state index < -0.39 is 24.2 Å². The second-order valence-corrected chi connectivity index (χ2v) is 3.10. The SMILES string of the molecule is O=C(F)C1CC(F)CN1C(=O)CCl. The smallest absolute Gasteiger partial charge is 0.323 e. The van der Waals surface area contributed by atoms with Gasteiger partial charge in [0, 0.05) is 6.42 Å². The van der Waals surface area contributed by atoms with Crippen molar-refractivity contribution in [2.75, 3.05) is 12.4 Å². The Hall–Kier alpha value is -0.710. The summed E-state index contributed by atoms with van der Waals surface area (Å²) in [5.41, 5.74) is 0. The molecule has 74 valence electrons. The van der Waals surface area contributed by atoms with Crippen molar-refractivity contribution in [3.63, 3.8) is 0 Å². The molecule has 1 amide bonds. The van der Waals surface area contributed by atoms with Gasteiger partial charge in [-0.3, -0.25) is 9.59 Å². The highest BCUT2D eigenvalue weighted by molar-refractivity contribution is 6.27. The van der Waals surface area contributed by atoms with Crippen molar-refractivity contribution in [3.8, 4) is 0 Å². The molecule has 1 heterocycles. The van der Waals surface area contributed by atoms with Crippen LogP contribution in [0.3, 0.4) is 0 Å². The van der Waals surface area contributed by atoms with E-state index in [0.29, 0.717) is 0 Å². The second kappa shape index (κ2) is 4.00. The van der Waals surface area contributed by atoms with Gasteiger partial charge in [-0.1, -0.05) is 0 Å². The molecule has 0 spiro atoms. The maximum atomic E-state index is 12.7. The molecule has 0 aliphatic carbocycles. The van der Waals surface area contributed by atoms with Gasteiger partial charge >= 0.3 is 6.04 Å². The number of carbonyl (C=O) groups is 2. The predicted octanol–water partition coefficient (Wildman–Crippen LogP) is 0.660. The quantitative estimate of drug-likeness (QED) is 0.497. The normalized spacial score (nSPS) is 27.8. The lowest BCUT2D eigenvalue weighted by atomic mass is 10.2. The van der Waals surface area contributed by atoms with Crippen molar-refractivity contribution in [1.82, 2.24) is 4.90 Å². The van der Waals surface area contributed by atoms with E-state index in [0.717, 1.165) is 4.90 Å². The monoisotopic (exact) mass is 211 g/mol. The first-order chi connectivity index (χ1) is 6.06. The minimum Gasteiger partial charge on any atom is -0.326 e. The maximum absolute atomic E-state index is 12.7. The summed E-state index contributed by atoms with van der Waals surface area (Å²) in [6.45, 7) is -0.244. The van der Waals surface area contributed by atoms with Crippen molar-refractivity contribution in [1.29, 1.82) is 0 Å². The van der Waals surface area contributed by atoms with Crippen LogP contribution in [0.25, 0.3) is 0 Å². The highest BCUT2D eigenvalue weighted by Crippen LogP contribution is 2.21. The van der Waals surface area contributed by atoms with Crippen LogP contribution in [-0.2, 0) is 9.59 Å². The van der Waals surface area contributed by atoms with Crippen LogP contribution < -0.4 is 0 Å². The minimum absolute atomic E-state index is 0.244. The Balaban J connectivity index is 2.71. The first kappa shape index (κ1) is 10.4. The van der Waals surface area contributed by atoms with Gasteiger partial charge in [0.25, 0.3) is 0 Å². The first-order valence-corrected chi connectivity index (χ1v) is 4.28. The summed E-state index contributed by atoms with van der Waals surface area (Å²) in [4.78, 5) is 22.2. The third kappa shape index (κ3) is 2.15. The molecule has 6 heteroatoms. The van der Waals surface area contributed by atoms with Crippen LogP contribution in [0.1, 0.15) is 6.42 Å². The lowest BCUT2D eigenvalue weighted by Gasteiger charge is -2.18. The van der Waals surface area contributed by atoms with Crippen LogP contribution in [0.4, 0.5) is 8.78 Å². The first-order valence-electron chi connectivity index (χ1n) is 3.75. The molecule has 1 saturated heterocycles. The highest BCUT2D eigenvalue weighted by atomic mass is 35.5. The third-order valence-corrected chi connectivity index (χ3v) is 2.18. The summed E-state index contributed by atoms with van der Waals surface area (Å²) in [7, 11) is 0. The average Bonchev–Trinajstić information content (AvgIpc) is 2.46. The van der Waals surface area contributed by atoms with Gasteiger partial charge in [0.05, 0.1) is 6.54 Å². The molecule has 0 N–H and O–H groups in total. The number of hydrogen-bond acceptors (Lipinski definition) is 2. The molecule has 0 aromatic carbocycles. The van der Waals surface area contributed by atoms with Crippen LogP contribution in [0, 0.1) is 0 Å². The Morgan fingerprint density at radius 2 is 2.15 bits per heavy atom. The Labute approximate surface area is 78.6 Å². The topological polar surface area (TPSA) is 37.4 Å². The molecule has 0 radical (unpaired) electrons. The zero-order chi connectivity index (χ0) is 10.0. The van der Waals surface area contributed by atoms with E-state index in [2.05, 4.69) is 0 Å². The van der Waals surface area contributed by atoms with Crippen molar-refractivity contribution >= 4 is 23.5 Å². The Morgan fingerprint density at radius 3 is 2.62 bits per heavy atom. The van der Waals surface area contributed by atoms with E-state index in [-0.39, 0.29) is 18.8 Å². The zero-order valence-corrected chi connectivity index (χ0v) is 7.43. The number of nitrogens with zero attached hydrogens (tertiary/aromatic N) is 1. The lowest BCUT2D eigenvalue weighted by molar-refractivity contribution is -0.141. The van der Waals surface area contributed by atoms with E-state index in [9.17, 15) is 18.4 Å². The maximum Gasteiger partial charge on any atom is 0.323 e. The van der Waals surface area contributed by atoms with Gasteiger partial charge in [-0.05, 0) is 0 Å². The van der Waals surface area contributed by atoms with Crippen LogP contribution in [-0.4, -0.2) is 41.5 Å². The molecule has 1 rings (SSSR count). The van der Waals surface area contributed by atoms with Crippen LogP contribution in [0.5, 0.6) is 0 Å². The summed E-state index contributed by atoms with van der Waals surface area (Å²) in [6.07, 6.45) is -1.60. The Kier molecular flexibility index (Phi) is 3.19. The van der Waals surface area contributed by atoms with Gasteiger partial charge in [0.1, 0.15) is 18.1 Å². The van der Waals surface area contributed by atoms with Crippen molar-refractivity contribution in [3.05, 3.63) is 0 Å². The number of halogens is 3. The largest absolute Gasteiger partial charge is 0.326 e. The van der Waals surface area contributed by atoms with Crippen LogP contribution in [0.2, 0.25) is 0 Å². The summed E-state index contributed by atoms with van der Waals surface area (Å²) in [5, 5.41) is 0. The fourth-order valence-corrected chi connectivity index (χ4v) is 1.51. The van der Waals surface area contributed by atoms with E-state index in [1.807, 2.05) is 0 Å². The average molecular weight is 212 g/mol. The lowest BCUT2D eigenvalue weighted by Crippen LogP contribution is -2.39. The van der Waals surface area contributed by atoms with Crippen molar-refractivity contribution < 1.29 is 18.4 Å². The van der Waals surface area contributed by atoms with E-state index in [1.165, 1.54) is 0 Å². The molecule has 0 bridgehead atoms. The van der Waals surface area contributed by atoms with Gasteiger partial charge in [0.2, 0.25) is 5.91 Å². The fraction of sp³-hybridized carbons (Fsp3) is 0.714. The molecular formula is C7H8ClF2NO2. The molecule has 1 fully saturated rings. The number of carbonyl (C=O) groups excluding carboxylic acids is 2. The van der Waals surface area contributed by atoms with Crippen LogP contribution in [0.15, 0.2) is 0 Å². The minimum atomic E-state index is -1.68. The number of alkyl halides is 2. The summed E-state index contributed by atoms with van der Waals surface area (Å²) >= 11 is 5.20. The molecule has 1 aliphatic heterocycles. The highest BCUT2D eigenvalue weighted by Gasteiger charge is 2.39. The molecule has 0 aromatic heterocycles. The van der Waals surface area contributed by atoms with Gasteiger partial charge in [0.15, 0.2) is 0 Å². The number of amides is 1. The number of rotatable bonds is 2. The molecule has 1 aliphatic rings. The van der Waals surface area contributed by atoms with Gasteiger partial charge < -0.3 is 4.90 Å². The van der Waals surface area contributed by atoms with Crippen molar-refractivity contribution in [2.45, 2.75) is 18.6 Å². The third-order valence-electron chi connectivity index (χ3n) is 1.95. The van der Waals surface area contributed by atoms with E-state index in [4.69, 9.17) is 11.6 Å². The van der Waals surface area contributed by atoms with E-state index in [1.54, 1.807) is 0 Å². The molecule has 2 atom stereocenters. The number of hydrogen-bond donors (Lipinski definition) is 0.